The second-order valence-corrected chi connectivity index (χ2v) is 6.77. The number of rotatable bonds is 4. The number of nitrogens with one attached hydrogen (secondary N) is 2. The van der Waals surface area contributed by atoms with Gasteiger partial charge in [0.15, 0.2) is 0 Å². The van der Waals surface area contributed by atoms with Crippen molar-refractivity contribution in [1.29, 1.82) is 0 Å². The van der Waals surface area contributed by atoms with Gasteiger partial charge in [-0.25, -0.2) is 9.78 Å². The van der Waals surface area contributed by atoms with Crippen LogP contribution in [0.5, 0.6) is 0 Å². The third-order valence-corrected chi connectivity index (χ3v) is 5.38. The van der Waals surface area contributed by atoms with E-state index in [4.69, 9.17) is 0 Å². The highest BCUT2D eigenvalue weighted by molar-refractivity contribution is 6.06. The summed E-state index contributed by atoms with van der Waals surface area (Å²) in [7, 11) is 0. The normalized spacial score (nSPS) is 29.7. The summed E-state index contributed by atoms with van der Waals surface area (Å²) in [6, 6.07) is 4.81. The lowest BCUT2D eigenvalue weighted by Gasteiger charge is -2.38. The first-order valence-corrected chi connectivity index (χ1v) is 8.64. The van der Waals surface area contributed by atoms with Gasteiger partial charge in [0.1, 0.15) is 5.82 Å². The van der Waals surface area contributed by atoms with Crippen LogP contribution in [-0.2, 0) is 9.59 Å². The van der Waals surface area contributed by atoms with E-state index in [0.717, 1.165) is 12.8 Å². The van der Waals surface area contributed by atoms with E-state index in [-0.39, 0.29) is 48.6 Å². The van der Waals surface area contributed by atoms with Gasteiger partial charge in [-0.05, 0) is 36.8 Å². The number of carbonyl (C=O) groups is 3. The van der Waals surface area contributed by atoms with Gasteiger partial charge < -0.3 is 5.32 Å². The van der Waals surface area contributed by atoms with Gasteiger partial charge in [-0.1, -0.05) is 18.2 Å². The number of imide groups is 1. The molecule has 4 aliphatic rings. The smallest absolute Gasteiger partial charge is 0.320 e. The van der Waals surface area contributed by atoms with Gasteiger partial charge in [0.25, 0.3) is 0 Å². The second-order valence-electron chi connectivity index (χ2n) is 6.77. The molecule has 1 aromatic rings. The van der Waals surface area contributed by atoms with Crippen LogP contribution in [0.3, 0.4) is 0 Å². The highest BCUT2D eigenvalue weighted by Gasteiger charge is 2.56. The molecule has 2 N–H and O–H groups in total. The minimum atomic E-state index is -0.406. The van der Waals surface area contributed by atoms with Crippen molar-refractivity contribution in [3.8, 4) is 0 Å². The minimum absolute atomic E-state index is 0.0824. The Labute approximate surface area is 145 Å². The van der Waals surface area contributed by atoms with Crippen LogP contribution in [0.1, 0.15) is 12.8 Å². The summed E-state index contributed by atoms with van der Waals surface area (Å²) in [5, 5.41) is 5.27. The molecule has 1 aliphatic heterocycles. The Morgan fingerprint density at radius 3 is 2.36 bits per heavy atom. The molecule has 4 amide bonds. The van der Waals surface area contributed by atoms with Gasteiger partial charge >= 0.3 is 6.03 Å². The zero-order chi connectivity index (χ0) is 17.4. The number of urea groups is 1. The molecule has 0 radical (unpaired) electrons. The predicted molar refractivity (Wildman–Crippen MR) is 90.3 cm³/mol. The number of fused-ring (bicyclic) bond motifs is 1. The van der Waals surface area contributed by atoms with Gasteiger partial charge in [-0.3, -0.25) is 19.8 Å². The van der Waals surface area contributed by atoms with Crippen molar-refractivity contribution < 1.29 is 14.4 Å². The molecular weight excluding hydrogens is 320 g/mol. The Hall–Kier alpha value is -2.70. The standard InChI is InChI=1S/C18H20N4O3/c23-16-14-11-4-5-12(7-6-11)15(14)17(24)22(16)10-9-20-18(25)21-13-3-1-2-8-19-13/h1-5,8,11-12,14-15H,6-7,9-10H2,(H2,19,20,21,25). The van der Waals surface area contributed by atoms with Crippen LogP contribution < -0.4 is 10.6 Å². The van der Waals surface area contributed by atoms with Gasteiger partial charge in [0, 0.05) is 19.3 Å². The molecular formula is C18H20N4O3. The molecule has 25 heavy (non-hydrogen) atoms. The minimum Gasteiger partial charge on any atom is -0.336 e. The number of pyridine rings is 1. The first-order valence-electron chi connectivity index (χ1n) is 8.64. The summed E-state index contributed by atoms with van der Waals surface area (Å²) in [5.74, 6) is 0.273. The number of anilines is 1. The number of hydrogen-bond donors (Lipinski definition) is 2. The molecule has 0 spiro atoms. The number of nitrogens with zero attached hydrogens (tertiary/aromatic N) is 2. The number of likely N-dealkylation sites (tertiary alicyclic amines) is 1. The number of aromatic nitrogens is 1. The van der Waals surface area contributed by atoms with Crippen molar-refractivity contribution in [2.75, 3.05) is 18.4 Å². The van der Waals surface area contributed by atoms with Gasteiger partial charge in [-0.15, -0.1) is 0 Å². The summed E-state index contributed by atoms with van der Waals surface area (Å²) in [5.41, 5.74) is 0. The summed E-state index contributed by atoms with van der Waals surface area (Å²) in [6.45, 7) is 0.429. The quantitative estimate of drug-likeness (QED) is 0.640. The van der Waals surface area contributed by atoms with Gasteiger partial charge in [0.2, 0.25) is 11.8 Å². The molecule has 130 valence electrons. The summed E-state index contributed by atoms with van der Waals surface area (Å²) < 4.78 is 0. The molecule has 2 heterocycles. The molecule has 2 fully saturated rings. The Kier molecular flexibility index (Phi) is 3.99. The fourth-order valence-electron chi connectivity index (χ4n) is 4.23. The fourth-order valence-corrected chi connectivity index (χ4v) is 4.23. The van der Waals surface area contributed by atoms with Crippen LogP contribution >= 0.6 is 0 Å². The van der Waals surface area contributed by atoms with Crippen molar-refractivity contribution in [3.05, 3.63) is 36.5 Å². The SMILES string of the molecule is O=C(NCCN1C(=O)C2C3C=CC(CC3)C2C1=O)Nc1ccccn1. The Morgan fingerprint density at radius 2 is 1.80 bits per heavy atom. The first kappa shape index (κ1) is 15.8. The maximum absolute atomic E-state index is 12.6. The van der Waals surface area contributed by atoms with Gasteiger partial charge in [0.05, 0.1) is 11.8 Å². The summed E-state index contributed by atoms with van der Waals surface area (Å²) in [4.78, 5) is 42.5. The van der Waals surface area contributed by atoms with Crippen molar-refractivity contribution in [1.82, 2.24) is 15.2 Å². The van der Waals surface area contributed by atoms with E-state index < -0.39 is 6.03 Å². The number of amides is 4. The molecule has 7 heteroatoms. The third-order valence-electron chi connectivity index (χ3n) is 5.38. The predicted octanol–water partition coefficient (Wildman–Crippen LogP) is 1.40. The second kappa shape index (κ2) is 6.31. The van der Waals surface area contributed by atoms with E-state index in [9.17, 15) is 14.4 Å². The van der Waals surface area contributed by atoms with Crippen molar-refractivity contribution >= 4 is 23.7 Å². The number of allylic oxidation sites excluding steroid dienone is 2. The van der Waals surface area contributed by atoms with Crippen molar-refractivity contribution in [3.63, 3.8) is 0 Å². The summed E-state index contributed by atoms with van der Waals surface area (Å²) in [6.07, 6.45) is 7.76. The number of carbonyl (C=O) groups excluding carboxylic acids is 3. The van der Waals surface area contributed by atoms with Gasteiger partial charge in [-0.2, -0.15) is 0 Å². The first-order chi connectivity index (χ1) is 12.1. The maximum Gasteiger partial charge on any atom is 0.320 e. The van der Waals surface area contributed by atoms with Crippen LogP contribution in [0.15, 0.2) is 36.5 Å². The lowest BCUT2D eigenvalue weighted by atomic mass is 9.63. The number of hydrogen-bond acceptors (Lipinski definition) is 4. The lowest BCUT2D eigenvalue weighted by Crippen LogP contribution is -2.40. The Balaban J connectivity index is 1.32. The third kappa shape index (κ3) is 2.79. The molecule has 5 rings (SSSR count). The molecule has 0 aromatic carbocycles. The van der Waals surface area contributed by atoms with E-state index in [1.54, 1.807) is 24.4 Å². The largest absolute Gasteiger partial charge is 0.336 e. The molecule has 1 aromatic heterocycles. The summed E-state index contributed by atoms with van der Waals surface area (Å²) >= 11 is 0. The van der Waals surface area contributed by atoms with Crippen LogP contribution in [0.4, 0.5) is 10.6 Å². The fraction of sp³-hybridized carbons (Fsp3) is 0.444. The van der Waals surface area contributed by atoms with E-state index in [2.05, 4.69) is 27.8 Å². The Bertz CT molecular complexity index is 701. The lowest BCUT2D eigenvalue weighted by molar-refractivity contribution is -0.140. The average molecular weight is 340 g/mol. The average Bonchev–Trinajstić information content (AvgIpc) is 2.90. The monoisotopic (exact) mass is 340 g/mol. The molecule has 1 saturated heterocycles. The molecule has 2 bridgehead atoms. The van der Waals surface area contributed by atoms with E-state index in [0.29, 0.717) is 5.82 Å². The van der Waals surface area contributed by atoms with Crippen LogP contribution in [0, 0.1) is 23.7 Å². The van der Waals surface area contributed by atoms with Crippen molar-refractivity contribution in [2.45, 2.75) is 12.8 Å². The molecule has 1 saturated carbocycles. The zero-order valence-corrected chi connectivity index (χ0v) is 13.7. The molecule has 3 aliphatic carbocycles. The highest BCUT2D eigenvalue weighted by Crippen LogP contribution is 2.49. The zero-order valence-electron chi connectivity index (χ0n) is 13.7. The molecule has 4 unspecified atom stereocenters. The molecule has 4 atom stereocenters. The molecule has 7 nitrogen and oxygen atoms in total. The van der Waals surface area contributed by atoms with Crippen LogP contribution in [-0.4, -0.2) is 40.8 Å². The topological polar surface area (TPSA) is 91.4 Å². The highest BCUT2D eigenvalue weighted by atomic mass is 16.2. The Morgan fingerprint density at radius 1 is 1.12 bits per heavy atom. The van der Waals surface area contributed by atoms with E-state index in [1.165, 1.54) is 4.90 Å². The van der Waals surface area contributed by atoms with E-state index in [1.807, 2.05) is 0 Å². The van der Waals surface area contributed by atoms with E-state index >= 15 is 0 Å². The van der Waals surface area contributed by atoms with Crippen molar-refractivity contribution in [2.24, 2.45) is 23.7 Å². The maximum atomic E-state index is 12.6. The van der Waals surface area contributed by atoms with Crippen LogP contribution in [0.25, 0.3) is 0 Å². The van der Waals surface area contributed by atoms with Crippen LogP contribution in [0.2, 0.25) is 0 Å².